The zero-order valence-corrected chi connectivity index (χ0v) is 7.02. The van der Waals surface area contributed by atoms with E-state index in [9.17, 15) is 15.0 Å². The van der Waals surface area contributed by atoms with Gasteiger partial charge in [0, 0.05) is 0 Å². The number of cyclic esters (lactones) is 2. The van der Waals surface area contributed by atoms with Crippen LogP contribution in [-0.2, 0) is 14.2 Å². The SMILES string of the molecule is CC1COC(=O)OCC2(O)OC12O. The molecule has 6 nitrogen and oxygen atoms in total. The van der Waals surface area contributed by atoms with Gasteiger partial charge in [-0.3, -0.25) is 0 Å². The summed E-state index contributed by atoms with van der Waals surface area (Å²) >= 11 is 0. The van der Waals surface area contributed by atoms with Gasteiger partial charge in [-0.15, -0.1) is 0 Å². The molecule has 0 bridgehead atoms. The molecule has 0 amide bonds. The van der Waals surface area contributed by atoms with Gasteiger partial charge in [0.1, 0.15) is 6.61 Å². The van der Waals surface area contributed by atoms with Crippen molar-refractivity contribution in [3.63, 3.8) is 0 Å². The third-order valence-corrected chi connectivity index (χ3v) is 2.35. The van der Waals surface area contributed by atoms with Crippen molar-refractivity contribution in [3.8, 4) is 0 Å². The Kier molecular flexibility index (Phi) is 1.57. The Morgan fingerprint density at radius 1 is 1.46 bits per heavy atom. The monoisotopic (exact) mass is 190 g/mol. The van der Waals surface area contributed by atoms with Crippen LogP contribution in [0.15, 0.2) is 0 Å². The van der Waals surface area contributed by atoms with E-state index in [0.29, 0.717) is 0 Å². The molecule has 2 rings (SSSR count). The second kappa shape index (κ2) is 2.34. The zero-order valence-electron chi connectivity index (χ0n) is 7.02. The van der Waals surface area contributed by atoms with Gasteiger partial charge in [0.05, 0.1) is 5.92 Å². The number of rotatable bonds is 0. The number of hydrogen-bond donors (Lipinski definition) is 2. The molecular formula is C7H10O6. The van der Waals surface area contributed by atoms with Crippen molar-refractivity contribution >= 4 is 6.16 Å². The van der Waals surface area contributed by atoms with E-state index in [2.05, 4.69) is 9.47 Å². The van der Waals surface area contributed by atoms with Crippen LogP contribution in [0.2, 0.25) is 0 Å². The number of fused-ring (bicyclic) bond motifs is 1. The van der Waals surface area contributed by atoms with E-state index in [4.69, 9.17) is 4.74 Å². The predicted molar refractivity (Wildman–Crippen MR) is 37.4 cm³/mol. The highest BCUT2D eigenvalue weighted by Gasteiger charge is 2.74. The maximum Gasteiger partial charge on any atom is 0.508 e. The molecule has 0 saturated carbocycles. The molecule has 13 heavy (non-hydrogen) atoms. The summed E-state index contributed by atoms with van der Waals surface area (Å²) in [6.07, 6.45) is -0.863. The van der Waals surface area contributed by atoms with Crippen LogP contribution < -0.4 is 0 Å². The molecule has 74 valence electrons. The minimum atomic E-state index is -1.76. The summed E-state index contributed by atoms with van der Waals surface area (Å²) in [4.78, 5) is 10.7. The molecular weight excluding hydrogens is 180 g/mol. The Labute approximate surface area is 74.0 Å². The summed E-state index contributed by atoms with van der Waals surface area (Å²) in [5.41, 5.74) is 0. The smallest absolute Gasteiger partial charge is 0.434 e. The molecule has 2 fully saturated rings. The van der Waals surface area contributed by atoms with E-state index >= 15 is 0 Å². The van der Waals surface area contributed by atoms with Gasteiger partial charge < -0.3 is 24.4 Å². The summed E-state index contributed by atoms with van der Waals surface area (Å²) in [5, 5.41) is 19.1. The summed E-state index contributed by atoms with van der Waals surface area (Å²) in [6, 6.07) is 0. The number of ether oxygens (including phenoxy) is 3. The van der Waals surface area contributed by atoms with E-state index in [1.165, 1.54) is 0 Å². The van der Waals surface area contributed by atoms with E-state index < -0.39 is 30.3 Å². The van der Waals surface area contributed by atoms with Crippen LogP contribution in [0, 0.1) is 5.92 Å². The fourth-order valence-electron chi connectivity index (χ4n) is 1.35. The Balaban J connectivity index is 2.15. The first kappa shape index (κ1) is 8.74. The summed E-state index contributed by atoms with van der Waals surface area (Å²) in [7, 11) is 0. The van der Waals surface area contributed by atoms with Crippen molar-refractivity contribution < 1.29 is 29.2 Å². The Morgan fingerprint density at radius 2 is 2.15 bits per heavy atom. The van der Waals surface area contributed by atoms with Gasteiger partial charge in [0.2, 0.25) is 5.79 Å². The van der Waals surface area contributed by atoms with E-state index in [1.807, 2.05) is 0 Å². The van der Waals surface area contributed by atoms with E-state index in [1.54, 1.807) is 6.92 Å². The third kappa shape index (κ3) is 1.10. The Morgan fingerprint density at radius 3 is 2.85 bits per heavy atom. The van der Waals surface area contributed by atoms with Gasteiger partial charge in [0.25, 0.3) is 5.79 Å². The second-order valence-corrected chi connectivity index (χ2v) is 3.33. The molecule has 2 aliphatic heterocycles. The van der Waals surface area contributed by atoms with Gasteiger partial charge >= 0.3 is 6.16 Å². The number of epoxide rings is 1. The Hall–Kier alpha value is -0.850. The first-order chi connectivity index (χ1) is 5.98. The lowest BCUT2D eigenvalue weighted by Gasteiger charge is -2.20. The molecule has 2 heterocycles. The lowest BCUT2D eigenvalue weighted by Crippen LogP contribution is -2.40. The molecule has 2 saturated heterocycles. The van der Waals surface area contributed by atoms with E-state index in [-0.39, 0.29) is 6.61 Å². The maximum atomic E-state index is 10.7. The second-order valence-electron chi connectivity index (χ2n) is 3.33. The fraction of sp³-hybridized carbons (Fsp3) is 0.857. The van der Waals surface area contributed by atoms with Crippen LogP contribution in [0.1, 0.15) is 6.92 Å². The molecule has 0 radical (unpaired) electrons. The zero-order chi connectivity index (χ0) is 9.69. The van der Waals surface area contributed by atoms with Crippen molar-refractivity contribution in [2.24, 2.45) is 5.92 Å². The predicted octanol–water partition coefficient (Wildman–Crippen LogP) is -0.803. The summed E-state index contributed by atoms with van der Waals surface area (Å²) < 4.78 is 13.8. The number of carbonyl (C=O) groups is 1. The highest BCUT2D eigenvalue weighted by Crippen LogP contribution is 2.49. The average molecular weight is 190 g/mol. The largest absolute Gasteiger partial charge is 0.508 e. The molecule has 2 N–H and O–H groups in total. The molecule has 0 spiro atoms. The molecule has 0 aromatic heterocycles. The van der Waals surface area contributed by atoms with E-state index in [0.717, 1.165) is 0 Å². The Bertz CT molecular complexity index is 253. The molecule has 3 unspecified atom stereocenters. The van der Waals surface area contributed by atoms with Crippen LogP contribution >= 0.6 is 0 Å². The third-order valence-electron chi connectivity index (χ3n) is 2.35. The average Bonchev–Trinajstić information content (AvgIpc) is 2.62. The van der Waals surface area contributed by atoms with Gasteiger partial charge in [-0.1, -0.05) is 6.92 Å². The molecule has 0 aliphatic carbocycles. The molecule has 3 atom stereocenters. The highest BCUT2D eigenvalue weighted by atomic mass is 16.9. The molecule has 6 heteroatoms. The van der Waals surface area contributed by atoms with Crippen LogP contribution in [0.5, 0.6) is 0 Å². The fourth-order valence-corrected chi connectivity index (χ4v) is 1.35. The van der Waals surface area contributed by atoms with Crippen molar-refractivity contribution in [2.75, 3.05) is 13.2 Å². The first-order valence-corrected chi connectivity index (χ1v) is 3.92. The first-order valence-electron chi connectivity index (χ1n) is 3.92. The normalized spacial score (nSPS) is 49.5. The number of carbonyl (C=O) groups excluding carboxylic acids is 1. The van der Waals surface area contributed by atoms with Crippen molar-refractivity contribution in [3.05, 3.63) is 0 Å². The van der Waals surface area contributed by atoms with Gasteiger partial charge in [-0.25, -0.2) is 4.79 Å². The summed E-state index contributed by atoms with van der Waals surface area (Å²) in [5.74, 6) is -3.88. The van der Waals surface area contributed by atoms with Gasteiger partial charge in [0.15, 0.2) is 6.61 Å². The van der Waals surface area contributed by atoms with Crippen molar-refractivity contribution in [1.82, 2.24) is 0 Å². The van der Waals surface area contributed by atoms with Gasteiger partial charge in [-0.05, 0) is 0 Å². The number of hydrogen-bond acceptors (Lipinski definition) is 6. The minimum Gasteiger partial charge on any atom is -0.434 e. The van der Waals surface area contributed by atoms with Gasteiger partial charge in [-0.2, -0.15) is 0 Å². The maximum absolute atomic E-state index is 10.7. The standard InChI is InChI=1S/C7H10O6/c1-4-2-11-5(8)12-3-6(9)7(4,10)13-6/h4,9-10H,2-3H2,1H3. The van der Waals surface area contributed by atoms with Crippen LogP contribution in [0.3, 0.4) is 0 Å². The minimum absolute atomic E-state index is 0.0440. The van der Waals surface area contributed by atoms with Crippen molar-refractivity contribution in [1.29, 1.82) is 0 Å². The lowest BCUT2D eigenvalue weighted by atomic mass is 10.0. The highest BCUT2D eigenvalue weighted by molar-refractivity contribution is 5.60. The quantitative estimate of drug-likeness (QED) is 0.384. The topological polar surface area (TPSA) is 88.5 Å². The molecule has 0 aromatic rings. The van der Waals surface area contributed by atoms with Crippen LogP contribution in [-0.4, -0.2) is 41.2 Å². The number of aliphatic hydroxyl groups is 2. The lowest BCUT2D eigenvalue weighted by molar-refractivity contribution is -0.0859. The van der Waals surface area contributed by atoms with Crippen LogP contribution in [0.4, 0.5) is 4.79 Å². The molecule has 2 aliphatic rings. The van der Waals surface area contributed by atoms with Crippen LogP contribution in [0.25, 0.3) is 0 Å². The van der Waals surface area contributed by atoms with Crippen molar-refractivity contribution in [2.45, 2.75) is 18.5 Å². The molecule has 0 aromatic carbocycles. The summed E-state index contributed by atoms with van der Waals surface area (Å²) in [6.45, 7) is 1.15.